The van der Waals surface area contributed by atoms with Crippen molar-refractivity contribution in [3.63, 3.8) is 0 Å². The number of esters is 1. The van der Waals surface area contributed by atoms with Gasteiger partial charge in [-0.3, -0.25) is 14.4 Å². The topological polar surface area (TPSA) is 156 Å². The quantitative estimate of drug-likeness (QED) is 0.115. The molecule has 3 aliphatic rings. The van der Waals surface area contributed by atoms with Gasteiger partial charge in [-0.25, -0.2) is 0 Å². The van der Waals surface area contributed by atoms with Crippen molar-refractivity contribution in [3.05, 3.63) is 36.0 Å². The molecule has 0 bridgehead atoms. The third-order valence-corrected chi connectivity index (χ3v) is 7.94. The minimum Gasteiger partial charge on any atom is -0.459 e. The van der Waals surface area contributed by atoms with Crippen LogP contribution < -0.4 is 10.6 Å². The Morgan fingerprint density at radius 1 is 1.19 bits per heavy atom. The summed E-state index contributed by atoms with van der Waals surface area (Å²) in [6.45, 7) is 11.7. The highest BCUT2D eigenvalue weighted by Gasteiger charge is 2.62. The van der Waals surface area contributed by atoms with Gasteiger partial charge in [0.25, 0.3) is 0 Å². The van der Waals surface area contributed by atoms with E-state index in [1.165, 1.54) is 19.1 Å². The molecule has 0 aromatic heterocycles. The van der Waals surface area contributed by atoms with Crippen LogP contribution in [-0.2, 0) is 33.3 Å². The first-order valence-electron chi connectivity index (χ1n) is 14.9. The zero-order chi connectivity index (χ0) is 31.1. The molecule has 11 heteroatoms. The van der Waals surface area contributed by atoms with Crippen LogP contribution in [0.3, 0.4) is 0 Å². The van der Waals surface area contributed by atoms with E-state index in [1.807, 2.05) is 32.9 Å². The number of ether oxygens (including phenoxy) is 4. The second-order valence-corrected chi connectivity index (χ2v) is 12.0. The third kappa shape index (κ3) is 9.74. The van der Waals surface area contributed by atoms with Crippen LogP contribution in [0.5, 0.6) is 0 Å². The lowest BCUT2D eigenvalue weighted by atomic mass is 9.85. The van der Waals surface area contributed by atoms with E-state index in [1.54, 1.807) is 13.0 Å². The van der Waals surface area contributed by atoms with Gasteiger partial charge in [0.15, 0.2) is 5.79 Å². The highest BCUT2D eigenvalue weighted by molar-refractivity contribution is 5.87. The number of rotatable bonds is 12. The molecule has 11 nitrogen and oxygen atoms in total. The largest absolute Gasteiger partial charge is 0.459 e. The van der Waals surface area contributed by atoms with Crippen LogP contribution in [0, 0.1) is 5.92 Å². The van der Waals surface area contributed by atoms with Gasteiger partial charge in [-0.05, 0) is 52.0 Å². The maximum absolute atomic E-state index is 12.4. The SMILES string of the molecule is CCCNC(=O)C[C@]1(O)C[C@@]2(CO2)[C@H](O)[C@@H](C=CC(C)=CC[C@@H]2O[C@H](C)[C@H](NC(=O)C=C[C@H](C)OC(C)=O)C[C@@H]2C)O1. The van der Waals surface area contributed by atoms with E-state index in [9.17, 15) is 24.6 Å². The van der Waals surface area contributed by atoms with E-state index in [2.05, 4.69) is 17.6 Å². The Bertz CT molecular complexity index is 1050. The monoisotopic (exact) mass is 592 g/mol. The van der Waals surface area contributed by atoms with Crippen LogP contribution in [0.4, 0.5) is 0 Å². The molecule has 0 unspecified atom stereocenters. The predicted octanol–water partition coefficient (Wildman–Crippen LogP) is 2.21. The van der Waals surface area contributed by atoms with Crippen LogP contribution in [0.1, 0.15) is 73.6 Å². The Hall–Kier alpha value is -2.57. The molecule has 9 atom stereocenters. The smallest absolute Gasteiger partial charge is 0.303 e. The standard InChI is InChI=1S/C31H48N2O9/c1-7-14-32-28(36)16-31(38)17-30(18-39-30)29(37)26(42-31)12-9-19(2)8-11-25-20(3)15-24(22(5)41-25)33-27(35)13-10-21(4)40-23(6)34/h8-10,12-13,20-22,24-26,29,37-38H,7,11,14-18H2,1-6H3,(H,32,36)(H,33,35)/t20-,21-,22+,24+,25-,26+,29+,30+,31+/m0/s1. The number of hydrogen-bond donors (Lipinski definition) is 4. The first-order valence-corrected chi connectivity index (χ1v) is 14.9. The summed E-state index contributed by atoms with van der Waals surface area (Å²) in [6.07, 6.45) is 7.96. The van der Waals surface area contributed by atoms with Crippen LogP contribution in [0.25, 0.3) is 0 Å². The molecule has 0 saturated carbocycles. The van der Waals surface area contributed by atoms with Crippen molar-refractivity contribution in [1.29, 1.82) is 0 Å². The lowest BCUT2D eigenvalue weighted by Gasteiger charge is -2.42. The maximum atomic E-state index is 12.4. The van der Waals surface area contributed by atoms with Crippen molar-refractivity contribution in [2.24, 2.45) is 5.92 Å². The molecule has 2 amide bonds. The summed E-state index contributed by atoms with van der Waals surface area (Å²) in [6, 6.07) is -0.146. The number of nitrogens with one attached hydrogen (secondary N) is 2. The number of epoxide rings is 1. The van der Waals surface area contributed by atoms with Crippen LogP contribution in [0.2, 0.25) is 0 Å². The second-order valence-electron chi connectivity index (χ2n) is 12.0. The Labute approximate surface area is 248 Å². The predicted molar refractivity (Wildman–Crippen MR) is 155 cm³/mol. The molecule has 1 spiro atoms. The highest BCUT2D eigenvalue weighted by Crippen LogP contribution is 2.47. The first kappa shape index (κ1) is 33.9. The number of carbonyl (C=O) groups is 3. The fourth-order valence-electron chi connectivity index (χ4n) is 5.51. The van der Waals surface area contributed by atoms with Gasteiger partial charge in [0.2, 0.25) is 11.8 Å². The zero-order valence-corrected chi connectivity index (χ0v) is 25.6. The minimum absolute atomic E-state index is 0.0279. The van der Waals surface area contributed by atoms with E-state index in [4.69, 9.17) is 18.9 Å². The number of aliphatic hydroxyl groups is 2. The van der Waals surface area contributed by atoms with E-state index < -0.39 is 35.7 Å². The molecule has 42 heavy (non-hydrogen) atoms. The summed E-state index contributed by atoms with van der Waals surface area (Å²) in [7, 11) is 0. The first-order chi connectivity index (χ1) is 19.8. The molecular formula is C31H48N2O9. The molecular weight excluding hydrogens is 544 g/mol. The molecule has 3 rings (SSSR count). The zero-order valence-electron chi connectivity index (χ0n) is 25.6. The number of allylic oxidation sites excluding steroid dienone is 2. The Morgan fingerprint density at radius 2 is 1.90 bits per heavy atom. The van der Waals surface area contributed by atoms with Gasteiger partial charge in [-0.15, -0.1) is 0 Å². The molecule has 236 valence electrons. The third-order valence-electron chi connectivity index (χ3n) is 7.94. The average molecular weight is 593 g/mol. The summed E-state index contributed by atoms with van der Waals surface area (Å²) in [5.74, 6) is -2.52. The summed E-state index contributed by atoms with van der Waals surface area (Å²) < 4.78 is 22.6. The Morgan fingerprint density at radius 3 is 2.55 bits per heavy atom. The van der Waals surface area contributed by atoms with Crippen molar-refractivity contribution < 1.29 is 43.5 Å². The molecule has 3 heterocycles. The van der Waals surface area contributed by atoms with E-state index >= 15 is 0 Å². The normalized spacial score (nSPS) is 35.8. The number of aliphatic hydroxyl groups excluding tert-OH is 1. The molecule has 0 aromatic carbocycles. The van der Waals surface area contributed by atoms with Crippen molar-refractivity contribution in [2.75, 3.05) is 13.2 Å². The van der Waals surface area contributed by atoms with Crippen molar-refractivity contribution >= 4 is 17.8 Å². The molecule has 3 aliphatic heterocycles. The van der Waals surface area contributed by atoms with Crippen LogP contribution >= 0.6 is 0 Å². The lowest BCUT2D eigenvalue weighted by molar-refractivity contribution is -0.282. The van der Waals surface area contributed by atoms with Gasteiger partial charge in [-0.1, -0.05) is 37.6 Å². The lowest BCUT2D eigenvalue weighted by Crippen LogP contribution is -2.57. The minimum atomic E-state index is -1.73. The fraction of sp³-hybridized carbons (Fsp3) is 0.710. The van der Waals surface area contributed by atoms with Gasteiger partial charge in [0, 0.05) is 26.0 Å². The summed E-state index contributed by atoms with van der Waals surface area (Å²) in [5, 5.41) is 27.7. The van der Waals surface area contributed by atoms with Crippen molar-refractivity contribution in [3.8, 4) is 0 Å². The fourth-order valence-corrected chi connectivity index (χ4v) is 5.51. The number of hydrogen-bond acceptors (Lipinski definition) is 9. The van der Waals surface area contributed by atoms with E-state index in [-0.39, 0.29) is 48.8 Å². The Kier molecular flexibility index (Phi) is 11.9. The molecule has 3 saturated heterocycles. The molecule has 0 aromatic rings. The maximum Gasteiger partial charge on any atom is 0.303 e. The summed E-state index contributed by atoms with van der Waals surface area (Å²) in [5.41, 5.74) is 0.0198. The highest BCUT2D eigenvalue weighted by atomic mass is 16.7. The van der Waals surface area contributed by atoms with Gasteiger partial charge < -0.3 is 39.8 Å². The van der Waals surface area contributed by atoms with Gasteiger partial charge in [-0.2, -0.15) is 0 Å². The van der Waals surface area contributed by atoms with Gasteiger partial charge >= 0.3 is 5.97 Å². The van der Waals surface area contributed by atoms with E-state index in [0.29, 0.717) is 19.6 Å². The summed E-state index contributed by atoms with van der Waals surface area (Å²) in [4.78, 5) is 35.7. The van der Waals surface area contributed by atoms with Crippen molar-refractivity contribution in [1.82, 2.24) is 10.6 Å². The average Bonchev–Trinajstić information content (AvgIpc) is 3.67. The molecule has 3 fully saturated rings. The van der Waals surface area contributed by atoms with Crippen LogP contribution in [-0.4, -0.2) is 89.1 Å². The molecule has 4 N–H and O–H groups in total. The van der Waals surface area contributed by atoms with Gasteiger partial charge in [0.1, 0.15) is 23.9 Å². The van der Waals surface area contributed by atoms with E-state index in [0.717, 1.165) is 18.4 Å². The number of carbonyl (C=O) groups excluding carboxylic acids is 3. The summed E-state index contributed by atoms with van der Waals surface area (Å²) >= 11 is 0. The van der Waals surface area contributed by atoms with Crippen molar-refractivity contribution in [2.45, 2.75) is 122 Å². The second kappa shape index (κ2) is 14.7. The van der Waals surface area contributed by atoms with Crippen LogP contribution in [0.15, 0.2) is 36.0 Å². The molecule has 0 aliphatic carbocycles. The van der Waals surface area contributed by atoms with Gasteiger partial charge in [0.05, 0.1) is 31.3 Å². The Balaban J connectivity index is 1.53. The number of amides is 2. The molecule has 0 radical (unpaired) electrons.